The summed E-state index contributed by atoms with van der Waals surface area (Å²) < 4.78 is 5.40. The van der Waals surface area contributed by atoms with E-state index in [1.54, 1.807) is 6.92 Å². The van der Waals surface area contributed by atoms with Gasteiger partial charge < -0.3 is 20.4 Å². The zero-order valence-corrected chi connectivity index (χ0v) is 12.1. The first kappa shape index (κ1) is 14.3. The molecule has 6 nitrogen and oxygen atoms in total. The van der Waals surface area contributed by atoms with Crippen molar-refractivity contribution < 1.29 is 4.42 Å². The van der Waals surface area contributed by atoms with Crippen molar-refractivity contribution in [3.05, 3.63) is 30.2 Å². The molecule has 0 saturated carbocycles. The highest BCUT2D eigenvalue weighted by atomic mass is 16.4. The molecule has 0 aliphatic heterocycles. The first-order chi connectivity index (χ1) is 9.63. The smallest absolute Gasteiger partial charge is 0.320 e. The minimum atomic E-state index is -0.261. The first-order valence-corrected chi connectivity index (χ1v) is 6.85. The lowest BCUT2D eigenvalue weighted by Gasteiger charge is -2.21. The third-order valence-electron chi connectivity index (χ3n) is 3.08. The molecule has 6 heteroatoms. The molecule has 0 bridgehead atoms. The Labute approximate surface area is 119 Å². The van der Waals surface area contributed by atoms with Crippen molar-refractivity contribution in [3.8, 4) is 0 Å². The van der Waals surface area contributed by atoms with Crippen LogP contribution in [0.1, 0.15) is 32.7 Å². The van der Waals surface area contributed by atoms with Gasteiger partial charge in [0.05, 0.1) is 6.04 Å². The van der Waals surface area contributed by atoms with Gasteiger partial charge in [-0.2, -0.15) is 0 Å². The quantitative estimate of drug-likeness (QED) is 0.843. The molecular weight excluding hydrogens is 254 g/mol. The van der Waals surface area contributed by atoms with E-state index < -0.39 is 0 Å². The molecule has 0 amide bonds. The number of nitrogens with one attached hydrogen (secondary N) is 1. The van der Waals surface area contributed by atoms with Crippen molar-refractivity contribution in [3.63, 3.8) is 0 Å². The molecule has 108 valence electrons. The van der Waals surface area contributed by atoms with Gasteiger partial charge in [-0.15, -0.1) is 5.10 Å². The molecule has 0 saturated heterocycles. The second kappa shape index (κ2) is 6.38. The molecule has 1 aromatic carbocycles. The minimum absolute atomic E-state index is 0.261. The molecule has 1 heterocycles. The van der Waals surface area contributed by atoms with Crippen molar-refractivity contribution in [1.82, 2.24) is 10.2 Å². The van der Waals surface area contributed by atoms with E-state index in [-0.39, 0.29) is 6.04 Å². The maximum absolute atomic E-state index is 5.67. The lowest BCUT2D eigenvalue weighted by molar-refractivity contribution is 0.475. The van der Waals surface area contributed by atoms with E-state index in [2.05, 4.69) is 46.4 Å². The molecule has 0 aliphatic carbocycles. The minimum Gasteiger partial charge on any atom is -0.406 e. The second-order valence-corrected chi connectivity index (χ2v) is 4.58. The van der Waals surface area contributed by atoms with Crippen molar-refractivity contribution in [1.29, 1.82) is 0 Å². The number of aromatic nitrogens is 2. The molecular formula is C14H21N5O. The van der Waals surface area contributed by atoms with E-state index >= 15 is 0 Å². The molecule has 0 radical (unpaired) electrons. The highest BCUT2D eigenvalue weighted by molar-refractivity contribution is 5.58. The number of nitrogens with zero attached hydrogens (tertiary/aromatic N) is 3. The molecule has 2 rings (SSSR count). The molecule has 20 heavy (non-hydrogen) atoms. The number of hydrogen-bond donors (Lipinski definition) is 2. The number of hydrogen-bond acceptors (Lipinski definition) is 6. The average molecular weight is 275 g/mol. The number of rotatable bonds is 6. The van der Waals surface area contributed by atoms with Crippen molar-refractivity contribution in [2.24, 2.45) is 5.73 Å². The van der Waals surface area contributed by atoms with Gasteiger partial charge in [0.15, 0.2) is 0 Å². The van der Waals surface area contributed by atoms with Crippen LogP contribution < -0.4 is 16.0 Å². The van der Waals surface area contributed by atoms with Gasteiger partial charge in [-0.1, -0.05) is 5.10 Å². The Morgan fingerprint density at radius 3 is 2.35 bits per heavy atom. The maximum atomic E-state index is 5.67. The summed E-state index contributed by atoms with van der Waals surface area (Å²) in [7, 11) is 0. The first-order valence-electron chi connectivity index (χ1n) is 6.85. The van der Waals surface area contributed by atoms with Gasteiger partial charge >= 0.3 is 6.01 Å². The van der Waals surface area contributed by atoms with Crippen LogP contribution in [0.5, 0.6) is 0 Å². The Morgan fingerprint density at radius 1 is 1.20 bits per heavy atom. The van der Waals surface area contributed by atoms with Gasteiger partial charge in [0, 0.05) is 24.5 Å². The number of benzene rings is 1. The van der Waals surface area contributed by atoms with E-state index in [9.17, 15) is 0 Å². The molecule has 0 spiro atoms. The van der Waals surface area contributed by atoms with Crippen LogP contribution in [-0.4, -0.2) is 23.3 Å². The van der Waals surface area contributed by atoms with Crippen molar-refractivity contribution in [2.45, 2.75) is 26.8 Å². The van der Waals surface area contributed by atoms with Crippen LogP contribution in [0.2, 0.25) is 0 Å². The Kier molecular flexibility index (Phi) is 4.57. The average Bonchev–Trinajstić information content (AvgIpc) is 2.91. The third kappa shape index (κ3) is 3.27. The monoisotopic (exact) mass is 275 g/mol. The topological polar surface area (TPSA) is 80.2 Å². The van der Waals surface area contributed by atoms with Crippen LogP contribution in [0.15, 0.2) is 28.7 Å². The predicted octanol–water partition coefficient (Wildman–Crippen LogP) is 2.68. The Balaban J connectivity index is 2.06. The standard InChI is InChI=1S/C14H21N5O/c1-4-19(5-2)12-8-6-11(7-9-12)16-14-18-17-13(20-14)10(3)15/h6-10H,4-5,15H2,1-3H3,(H,16,18). The highest BCUT2D eigenvalue weighted by Gasteiger charge is 2.10. The molecule has 3 N–H and O–H groups in total. The molecule has 1 aromatic heterocycles. The molecule has 0 fully saturated rings. The van der Waals surface area contributed by atoms with Crippen LogP contribution in [0, 0.1) is 0 Å². The molecule has 1 unspecified atom stereocenters. The van der Waals surface area contributed by atoms with Crippen LogP contribution in [0.25, 0.3) is 0 Å². The van der Waals surface area contributed by atoms with Crippen LogP contribution in [-0.2, 0) is 0 Å². The fourth-order valence-corrected chi connectivity index (χ4v) is 1.94. The Hall–Kier alpha value is -2.08. The lowest BCUT2D eigenvalue weighted by atomic mass is 10.2. The maximum Gasteiger partial charge on any atom is 0.320 e. The van der Waals surface area contributed by atoms with Crippen LogP contribution in [0.4, 0.5) is 17.4 Å². The van der Waals surface area contributed by atoms with E-state index in [0.717, 1.165) is 18.8 Å². The fourth-order valence-electron chi connectivity index (χ4n) is 1.94. The summed E-state index contributed by atoms with van der Waals surface area (Å²) in [6.07, 6.45) is 0. The van der Waals surface area contributed by atoms with Gasteiger partial charge in [-0.25, -0.2) is 0 Å². The molecule has 2 aromatic rings. The van der Waals surface area contributed by atoms with Crippen LogP contribution in [0.3, 0.4) is 0 Å². The summed E-state index contributed by atoms with van der Waals surface area (Å²) in [6, 6.07) is 8.21. The SMILES string of the molecule is CCN(CC)c1ccc(Nc2nnc(C(C)N)o2)cc1. The van der Waals surface area contributed by atoms with Gasteiger partial charge in [-0.3, -0.25) is 0 Å². The summed E-state index contributed by atoms with van der Waals surface area (Å²) in [5.74, 6) is 0.423. The largest absolute Gasteiger partial charge is 0.406 e. The van der Waals surface area contributed by atoms with E-state index in [1.165, 1.54) is 5.69 Å². The Bertz CT molecular complexity index is 531. The summed E-state index contributed by atoms with van der Waals surface area (Å²) in [6.45, 7) is 8.07. The van der Waals surface area contributed by atoms with Crippen LogP contribution >= 0.6 is 0 Å². The van der Waals surface area contributed by atoms with Crippen molar-refractivity contribution >= 4 is 17.4 Å². The van der Waals surface area contributed by atoms with E-state index in [4.69, 9.17) is 10.2 Å². The second-order valence-electron chi connectivity index (χ2n) is 4.58. The molecule has 1 atom stereocenters. The fraction of sp³-hybridized carbons (Fsp3) is 0.429. The van der Waals surface area contributed by atoms with Gasteiger partial charge in [0.1, 0.15) is 0 Å². The van der Waals surface area contributed by atoms with Gasteiger partial charge in [0.2, 0.25) is 5.89 Å². The zero-order chi connectivity index (χ0) is 14.5. The number of anilines is 3. The summed E-state index contributed by atoms with van der Waals surface area (Å²) >= 11 is 0. The highest BCUT2D eigenvalue weighted by Crippen LogP contribution is 2.21. The zero-order valence-electron chi connectivity index (χ0n) is 12.1. The Morgan fingerprint density at radius 2 is 1.85 bits per heavy atom. The normalized spacial score (nSPS) is 12.2. The summed E-state index contributed by atoms with van der Waals surface area (Å²) in [5.41, 5.74) is 7.77. The third-order valence-corrected chi connectivity index (χ3v) is 3.08. The summed E-state index contributed by atoms with van der Waals surface area (Å²) in [4.78, 5) is 2.28. The van der Waals surface area contributed by atoms with E-state index in [1.807, 2.05) is 12.1 Å². The van der Waals surface area contributed by atoms with E-state index in [0.29, 0.717) is 11.9 Å². The lowest BCUT2D eigenvalue weighted by Crippen LogP contribution is -2.21. The van der Waals surface area contributed by atoms with Crippen molar-refractivity contribution in [2.75, 3.05) is 23.3 Å². The van der Waals surface area contributed by atoms with Gasteiger partial charge in [0.25, 0.3) is 0 Å². The molecule has 0 aliphatic rings. The summed E-state index contributed by atoms with van der Waals surface area (Å²) in [5, 5.41) is 10.8. The predicted molar refractivity (Wildman–Crippen MR) is 80.2 cm³/mol. The van der Waals surface area contributed by atoms with Gasteiger partial charge in [-0.05, 0) is 45.0 Å². The number of nitrogens with two attached hydrogens (primary N) is 1.